The number of hydrogen-bond acceptors (Lipinski definition) is 3. The van der Waals surface area contributed by atoms with E-state index in [0.717, 1.165) is 30.4 Å². The standard InChI is InChI=1S/C11H20N2OS/c1-8-7-15-10(12-8)13-9-4-5-14-11(2,3)6-9/h8-9H,4-7H2,1-3H3,(H,12,13). The molecular formula is C11H20N2OS. The SMILES string of the molecule is CC1CSC(=NC2CCOC(C)(C)C2)N1. The van der Waals surface area contributed by atoms with Crippen LogP contribution in [0.3, 0.4) is 0 Å². The third kappa shape index (κ3) is 3.11. The fourth-order valence-electron chi connectivity index (χ4n) is 2.05. The Morgan fingerprint density at radius 2 is 2.33 bits per heavy atom. The van der Waals surface area contributed by atoms with Crippen LogP contribution in [0.25, 0.3) is 0 Å². The number of amidine groups is 1. The Labute approximate surface area is 96.1 Å². The van der Waals surface area contributed by atoms with E-state index in [0.29, 0.717) is 12.1 Å². The van der Waals surface area contributed by atoms with Gasteiger partial charge < -0.3 is 10.1 Å². The van der Waals surface area contributed by atoms with Crippen molar-refractivity contribution in [3.05, 3.63) is 0 Å². The molecule has 2 fully saturated rings. The molecule has 4 heteroatoms. The average Bonchev–Trinajstić information content (AvgIpc) is 2.49. The number of nitrogens with zero attached hydrogens (tertiary/aromatic N) is 1. The van der Waals surface area contributed by atoms with Gasteiger partial charge in [-0.2, -0.15) is 0 Å². The molecule has 86 valence electrons. The smallest absolute Gasteiger partial charge is 0.157 e. The fraction of sp³-hybridized carbons (Fsp3) is 0.909. The molecule has 0 aliphatic carbocycles. The summed E-state index contributed by atoms with van der Waals surface area (Å²) in [6.45, 7) is 7.34. The summed E-state index contributed by atoms with van der Waals surface area (Å²) in [6, 6.07) is 1.01. The van der Waals surface area contributed by atoms with Gasteiger partial charge in [0, 0.05) is 18.4 Å². The van der Waals surface area contributed by atoms with Gasteiger partial charge in [0.25, 0.3) is 0 Å². The summed E-state index contributed by atoms with van der Waals surface area (Å²) in [5.74, 6) is 1.14. The van der Waals surface area contributed by atoms with E-state index in [1.54, 1.807) is 0 Å². The largest absolute Gasteiger partial charge is 0.375 e. The number of aliphatic imine (C=N–C) groups is 1. The van der Waals surface area contributed by atoms with E-state index < -0.39 is 0 Å². The molecule has 0 amide bonds. The molecule has 2 heterocycles. The Hall–Kier alpha value is -0.220. The van der Waals surface area contributed by atoms with Crippen molar-refractivity contribution in [1.29, 1.82) is 0 Å². The predicted molar refractivity (Wildman–Crippen MR) is 65.5 cm³/mol. The van der Waals surface area contributed by atoms with Crippen molar-refractivity contribution in [1.82, 2.24) is 5.32 Å². The molecule has 0 bridgehead atoms. The van der Waals surface area contributed by atoms with Crippen LogP contribution in [0.15, 0.2) is 4.99 Å². The Balaban J connectivity index is 1.94. The number of hydrogen-bond donors (Lipinski definition) is 1. The van der Waals surface area contributed by atoms with Crippen LogP contribution in [0.1, 0.15) is 33.6 Å². The second-order valence-electron chi connectivity index (χ2n) is 5.05. The maximum absolute atomic E-state index is 5.68. The molecule has 15 heavy (non-hydrogen) atoms. The van der Waals surface area contributed by atoms with Crippen LogP contribution in [0.5, 0.6) is 0 Å². The second-order valence-corrected chi connectivity index (χ2v) is 6.05. The van der Waals surface area contributed by atoms with Gasteiger partial charge in [0.05, 0.1) is 11.6 Å². The van der Waals surface area contributed by atoms with Gasteiger partial charge >= 0.3 is 0 Å². The summed E-state index contributed by atoms with van der Waals surface area (Å²) < 4.78 is 5.68. The van der Waals surface area contributed by atoms with E-state index in [1.807, 2.05) is 11.8 Å². The van der Waals surface area contributed by atoms with Crippen molar-refractivity contribution >= 4 is 16.9 Å². The summed E-state index contributed by atoms with van der Waals surface area (Å²) >= 11 is 1.84. The van der Waals surface area contributed by atoms with Crippen molar-refractivity contribution in [2.24, 2.45) is 4.99 Å². The minimum Gasteiger partial charge on any atom is -0.375 e. The first-order chi connectivity index (χ1) is 7.05. The molecule has 0 aromatic heterocycles. The molecule has 2 aliphatic heterocycles. The maximum atomic E-state index is 5.68. The van der Waals surface area contributed by atoms with Crippen molar-refractivity contribution in [3.63, 3.8) is 0 Å². The fourth-order valence-corrected chi connectivity index (χ4v) is 3.05. The molecular weight excluding hydrogens is 208 g/mol. The molecule has 0 spiro atoms. The zero-order valence-electron chi connectivity index (χ0n) is 9.75. The van der Waals surface area contributed by atoms with Gasteiger partial charge in [-0.3, -0.25) is 4.99 Å². The van der Waals surface area contributed by atoms with E-state index in [1.165, 1.54) is 0 Å². The lowest BCUT2D eigenvalue weighted by Gasteiger charge is -2.33. The molecule has 2 aliphatic rings. The van der Waals surface area contributed by atoms with E-state index in [2.05, 4.69) is 26.1 Å². The second kappa shape index (κ2) is 4.34. The first-order valence-corrected chi connectivity index (χ1v) is 6.65. The van der Waals surface area contributed by atoms with E-state index in [-0.39, 0.29) is 5.60 Å². The van der Waals surface area contributed by atoms with Crippen molar-refractivity contribution in [2.45, 2.75) is 51.3 Å². The van der Waals surface area contributed by atoms with Crippen LogP contribution in [-0.4, -0.2) is 35.2 Å². The highest BCUT2D eigenvalue weighted by atomic mass is 32.2. The van der Waals surface area contributed by atoms with Crippen LogP contribution in [0, 0.1) is 0 Å². The highest BCUT2D eigenvalue weighted by Gasteiger charge is 2.29. The molecule has 2 rings (SSSR count). The van der Waals surface area contributed by atoms with Gasteiger partial charge in [0.15, 0.2) is 5.17 Å². The van der Waals surface area contributed by atoms with Crippen LogP contribution in [0.4, 0.5) is 0 Å². The molecule has 0 aromatic rings. The van der Waals surface area contributed by atoms with Crippen molar-refractivity contribution in [3.8, 4) is 0 Å². The first kappa shape index (κ1) is 11.3. The van der Waals surface area contributed by atoms with Gasteiger partial charge in [-0.25, -0.2) is 0 Å². The zero-order chi connectivity index (χ0) is 10.9. The summed E-state index contributed by atoms with van der Waals surface area (Å²) in [4.78, 5) is 4.77. The molecule has 2 saturated heterocycles. The lowest BCUT2D eigenvalue weighted by Crippen LogP contribution is -2.36. The van der Waals surface area contributed by atoms with Gasteiger partial charge in [-0.15, -0.1) is 0 Å². The Morgan fingerprint density at radius 1 is 1.53 bits per heavy atom. The topological polar surface area (TPSA) is 33.6 Å². The lowest BCUT2D eigenvalue weighted by molar-refractivity contribution is -0.0575. The van der Waals surface area contributed by atoms with Gasteiger partial charge in [0.2, 0.25) is 0 Å². The number of rotatable bonds is 1. The maximum Gasteiger partial charge on any atom is 0.157 e. The van der Waals surface area contributed by atoms with Crippen LogP contribution < -0.4 is 5.32 Å². The van der Waals surface area contributed by atoms with Crippen molar-refractivity contribution in [2.75, 3.05) is 12.4 Å². The minimum atomic E-state index is 0.00185. The highest BCUT2D eigenvalue weighted by molar-refractivity contribution is 8.14. The quantitative estimate of drug-likeness (QED) is 0.745. The number of thioether (sulfide) groups is 1. The highest BCUT2D eigenvalue weighted by Crippen LogP contribution is 2.27. The van der Waals surface area contributed by atoms with Crippen LogP contribution in [-0.2, 0) is 4.74 Å². The van der Waals surface area contributed by atoms with Gasteiger partial charge in [-0.05, 0) is 33.6 Å². The van der Waals surface area contributed by atoms with Crippen LogP contribution in [0.2, 0.25) is 0 Å². The monoisotopic (exact) mass is 228 g/mol. The molecule has 2 atom stereocenters. The van der Waals surface area contributed by atoms with E-state index in [9.17, 15) is 0 Å². The minimum absolute atomic E-state index is 0.00185. The summed E-state index contributed by atoms with van der Waals surface area (Å²) in [5, 5.41) is 4.53. The zero-order valence-corrected chi connectivity index (χ0v) is 10.6. The number of nitrogens with one attached hydrogen (secondary N) is 1. The third-order valence-corrected chi connectivity index (χ3v) is 3.97. The summed E-state index contributed by atoms with van der Waals surface area (Å²) in [5.41, 5.74) is 0.00185. The first-order valence-electron chi connectivity index (χ1n) is 5.66. The molecule has 2 unspecified atom stereocenters. The van der Waals surface area contributed by atoms with Gasteiger partial charge in [-0.1, -0.05) is 11.8 Å². The predicted octanol–water partition coefficient (Wildman–Crippen LogP) is 2.02. The molecule has 1 N–H and O–H groups in total. The lowest BCUT2D eigenvalue weighted by atomic mass is 9.94. The van der Waals surface area contributed by atoms with Crippen LogP contribution >= 0.6 is 11.8 Å². The van der Waals surface area contributed by atoms with Gasteiger partial charge in [0.1, 0.15) is 0 Å². The average molecular weight is 228 g/mol. The van der Waals surface area contributed by atoms with Crippen molar-refractivity contribution < 1.29 is 4.74 Å². The normalized spacial score (nSPS) is 37.9. The van der Waals surface area contributed by atoms with E-state index >= 15 is 0 Å². The Bertz CT molecular complexity index is 265. The molecule has 0 aromatic carbocycles. The molecule has 0 radical (unpaired) electrons. The summed E-state index contributed by atoms with van der Waals surface area (Å²) in [7, 11) is 0. The Morgan fingerprint density at radius 3 is 2.93 bits per heavy atom. The number of ether oxygens (including phenoxy) is 1. The third-order valence-electron chi connectivity index (χ3n) is 2.81. The molecule has 0 saturated carbocycles. The molecule has 3 nitrogen and oxygen atoms in total. The Kier molecular flexibility index (Phi) is 3.26. The van der Waals surface area contributed by atoms with E-state index in [4.69, 9.17) is 9.73 Å². The summed E-state index contributed by atoms with van der Waals surface area (Å²) in [6.07, 6.45) is 2.09.